The second kappa shape index (κ2) is 5.30. The molecule has 0 aliphatic heterocycles. The zero-order chi connectivity index (χ0) is 15.7. The predicted molar refractivity (Wildman–Crippen MR) is 82.4 cm³/mol. The average Bonchev–Trinajstić information content (AvgIpc) is 2.43. The van der Waals surface area contributed by atoms with E-state index in [-0.39, 0.29) is 10.3 Å². The summed E-state index contributed by atoms with van der Waals surface area (Å²) in [4.78, 5) is 4.73. The molecule has 0 aliphatic rings. The van der Waals surface area contributed by atoms with Crippen molar-refractivity contribution in [1.29, 1.82) is 5.26 Å². The van der Waals surface area contributed by atoms with Gasteiger partial charge in [-0.2, -0.15) is 5.26 Å². The Labute approximate surface area is 124 Å². The quantitative estimate of drug-likeness (QED) is 0.797. The third kappa shape index (κ3) is 3.29. The first-order chi connectivity index (χ1) is 9.74. The fourth-order valence-electron chi connectivity index (χ4n) is 1.90. The minimum atomic E-state index is -3.58. The zero-order valence-corrected chi connectivity index (χ0v) is 13.0. The summed E-state index contributed by atoms with van der Waals surface area (Å²) < 4.78 is 24.0. The highest BCUT2D eigenvalue weighted by atomic mass is 32.2. The number of pyridine rings is 1. The van der Waals surface area contributed by atoms with E-state index >= 15 is 0 Å². The normalized spacial score (nSPS) is 12.7. The Morgan fingerprint density at radius 1 is 1.19 bits per heavy atom. The van der Waals surface area contributed by atoms with Crippen LogP contribution in [0.5, 0.6) is 0 Å². The molecule has 0 fully saturated rings. The van der Waals surface area contributed by atoms with Gasteiger partial charge in [-0.3, -0.25) is 4.98 Å². The summed E-state index contributed by atoms with van der Waals surface area (Å²) in [6.45, 7) is 6.23. The third-order valence-corrected chi connectivity index (χ3v) is 4.48. The molecular formula is C16H16N2O2S. The Balaban J connectivity index is 2.55. The summed E-state index contributed by atoms with van der Waals surface area (Å²) in [5.41, 5.74) is 1.65. The van der Waals surface area contributed by atoms with Gasteiger partial charge in [0, 0.05) is 28.0 Å². The predicted octanol–water partition coefficient (Wildman–Crippen LogP) is 3.34. The van der Waals surface area contributed by atoms with Crippen molar-refractivity contribution in [3.05, 3.63) is 47.5 Å². The summed E-state index contributed by atoms with van der Waals surface area (Å²) >= 11 is 0. The van der Waals surface area contributed by atoms with Crippen molar-refractivity contribution < 1.29 is 8.42 Å². The van der Waals surface area contributed by atoms with E-state index in [2.05, 4.69) is 25.8 Å². The van der Waals surface area contributed by atoms with Gasteiger partial charge in [0.15, 0.2) is 0 Å². The molecule has 1 heterocycles. The van der Waals surface area contributed by atoms with Gasteiger partial charge >= 0.3 is 0 Å². The van der Waals surface area contributed by atoms with Crippen LogP contribution in [0, 0.1) is 11.3 Å². The first-order valence-electron chi connectivity index (χ1n) is 6.46. The fraction of sp³-hybridized carbons (Fsp3) is 0.250. The van der Waals surface area contributed by atoms with E-state index in [1.807, 2.05) is 12.1 Å². The fourth-order valence-corrected chi connectivity index (χ4v) is 2.84. The van der Waals surface area contributed by atoms with Gasteiger partial charge in [-0.15, -0.1) is 0 Å². The molecule has 0 bridgehead atoms. The Morgan fingerprint density at radius 3 is 2.52 bits per heavy atom. The molecular weight excluding hydrogens is 284 g/mol. The van der Waals surface area contributed by atoms with E-state index < -0.39 is 9.84 Å². The van der Waals surface area contributed by atoms with Crippen LogP contribution in [0.4, 0.5) is 0 Å². The average molecular weight is 300 g/mol. The van der Waals surface area contributed by atoms with Gasteiger partial charge < -0.3 is 0 Å². The van der Waals surface area contributed by atoms with Crippen LogP contribution in [0.2, 0.25) is 0 Å². The molecule has 21 heavy (non-hydrogen) atoms. The van der Waals surface area contributed by atoms with Crippen LogP contribution in [-0.4, -0.2) is 13.4 Å². The summed E-state index contributed by atoms with van der Waals surface area (Å²) in [6, 6.07) is 10.2. The Morgan fingerprint density at radius 2 is 1.90 bits per heavy atom. The van der Waals surface area contributed by atoms with Gasteiger partial charge in [-0.1, -0.05) is 26.8 Å². The van der Waals surface area contributed by atoms with Crippen molar-refractivity contribution in [2.45, 2.75) is 31.1 Å². The van der Waals surface area contributed by atoms with E-state index in [0.29, 0.717) is 0 Å². The molecule has 108 valence electrons. The topological polar surface area (TPSA) is 70.8 Å². The minimum Gasteiger partial charge on any atom is -0.252 e. The standard InChI is InChI=1S/C16H16N2O2S/c1-16(2,3)15-8-5-12-11-13(6-7-14(12)18-15)21(19,20)10-4-9-17/h4-8,10-11H,1-3H3/b10-4+. The first-order valence-corrected chi connectivity index (χ1v) is 8.01. The molecule has 1 aromatic carbocycles. The Hall–Kier alpha value is -2.19. The molecule has 0 saturated carbocycles. The first kappa shape index (κ1) is 15.2. The molecule has 0 saturated heterocycles. The molecule has 0 aliphatic carbocycles. The van der Waals surface area contributed by atoms with Crippen LogP contribution in [0.15, 0.2) is 46.7 Å². The summed E-state index contributed by atoms with van der Waals surface area (Å²) in [7, 11) is -3.58. The number of sulfone groups is 1. The second-order valence-corrected chi connectivity index (χ2v) is 7.61. The highest BCUT2D eigenvalue weighted by molar-refractivity contribution is 7.94. The molecule has 0 radical (unpaired) electrons. The van der Waals surface area contributed by atoms with Gasteiger partial charge in [-0.25, -0.2) is 8.42 Å². The van der Waals surface area contributed by atoms with Crippen LogP contribution in [0.25, 0.3) is 10.9 Å². The van der Waals surface area contributed by atoms with Crippen LogP contribution >= 0.6 is 0 Å². The van der Waals surface area contributed by atoms with Crippen molar-refractivity contribution in [1.82, 2.24) is 4.98 Å². The van der Waals surface area contributed by atoms with Crippen molar-refractivity contribution >= 4 is 20.7 Å². The molecule has 0 N–H and O–H groups in total. The number of allylic oxidation sites excluding steroid dienone is 1. The maximum absolute atomic E-state index is 12.0. The number of aromatic nitrogens is 1. The lowest BCUT2D eigenvalue weighted by atomic mass is 9.91. The molecule has 2 aromatic rings. The maximum atomic E-state index is 12.0. The SMILES string of the molecule is CC(C)(C)c1ccc2cc(S(=O)(=O)/C=C/C#N)ccc2n1. The van der Waals surface area contributed by atoms with E-state index in [9.17, 15) is 8.42 Å². The molecule has 1 aromatic heterocycles. The molecule has 2 rings (SSSR count). The number of nitriles is 1. The smallest absolute Gasteiger partial charge is 0.200 e. The summed E-state index contributed by atoms with van der Waals surface area (Å²) in [5.74, 6) is 0. The van der Waals surface area contributed by atoms with Gasteiger partial charge in [-0.05, 0) is 24.3 Å². The Kier molecular flexibility index (Phi) is 3.84. The summed E-state index contributed by atoms with van der Waals surface area (Å²) in [6.07, 6.45) is 0.959. The number of hydrogen-bond acceptors (Lipinski definition) is 4. The van der Waals surface area contributed by atoms with Crippen LogP contribution < -0.4 is 0 Å². The van der Waals surface area contributed by atoms with E-state index in [0.717, 1.165) is 28.1 Å². The largest absolute Gasteiger partial charge is 0.252 e. The molecule has 0 unspecified atom stereocenters. The lowest BCUT2D eigenvalue weighted by Crippen LogP contribution is -2.13. The van der Waals surface area contributed by atoms with Crippen LogP contribution in [0.3, 0.4) is 0 Å². The van der Waals surface area contributed by atoms with Crippen molar-refractivity contribution in [2.24, 2.45) is 0 Å². The van der Waals surface area contributed by atoms with Crippen LogP contribution in [-0.2, 0) is 15.3 Å². The highest BCUT2D eigenvalue weighted by Gasteiger charge is 2.16. The number of rotatable bonds is 2. The third-order valence-electron chi connectivity index (χ3n) is 3.08. The van der Waals surface area contributed by atoms with Gasteiger partial charge in [0.1, 0.15) is 0 Å². The summed E-state index contributed by atoms with van der Waals surface area (Å²) in [5, 5.41) is 10.1. The zero-order valence-electron chi connectivity index (χ0n) is 12.2. The lowest BCUT2D eigenvalue weighted by molar-refractivity contribution is 0.571. The number of nitrogens with zero attached hydrogens (tertiary/aromatic N) is 2. The lowest BCUT2D eigenvalue weighted by Gasteiger charge is -2.18. The molecule has 0 spiro atoms. The molecule has 0 amide bonds. The van der Waals surface area contributed by atoms with Crippen molar-refractivity contribution in [3.8, 4) is 6.07 Å². The molecule has 4 nitrogen and oxygen atoms in total. The van der Waals surface area contributed by atoms with Crippen molar-refractivity contribution in [2.75, 3.05) is 0 Å². The minimum absolute atomic E-state index is 0.0610. The molecule has 5 heteroatoms. The van der Waals surface area contributed by atoms with Crippen LogP contribution in [0.1, 0.15) is 26.5 Å². The number of hydrogen-bond donors (Lipinski definition) is 0. The van der Waals surface area contributed by atoms with E-state index in [4.69, 9.17) is 5.26 Å². The number of benzene rings is 1. The second-order valence-electron chi connectivity index (χ2n) is 5.78. The van der Waals surface area contributed by atoms with Crippen molar-refractivity contribution in [3.63, 3.8) is 0 Å². The molecule has 0 atom stereocenters. The van der Waals surface area contributed by atoms with E-state index in [1.54, 1.807) is 18.2 Å². The Bertz CT molecular complexity index is 854. The monoisotopic (exact) mass is 300 g/mol. The van der Waals surface area contributed by atoms with E-state index in [1.165, 1.54) is 6.07 Å². The van der Waals surface area contributed by atoms with Gasteiger partial charge in [0.25, 0.3) is 0 Å². The van der Waals surface area contributed by atoms with Gasteiger partial charge in [0.05, 0.1) is 16.5 Å². The van der Waals surface area contributed by atoms with Gasteiger partial charge in [0.2, 0.25) is 9.84 Å². The highest BCUT2D eigenvalue weighted by Crippen LogP contribution is 2.25. The maximum Gasteiger partial charge on any atom is 0.200 e. The number of fused-ring (bicyclic) bond motifs is 1.